The van der Waals surface area contributed by atoms with E-state index in [-0.39, 0.29) is 26.3 Å². The Morgan fingerprint density at radius 2 is 1.35 bits per heavy atom. The van der Waals surface area contributed by atoms with Crippen LogP contribution in [0, 0.1) is 22.2 Å². The summed E-state index contributed by atoms with van der Waals surface area (Å²) in [6.07, 6.45) is 2.19. The molecule has 2 atom stereocenters. The first-order valence-corrected chi connectivity index (χ1v) is 11.0. The standard InChI is InChI=1S/C24H41IO/c1-21(2,3)16-20(18-13-11-10-12-14-18)23(6,7)22(4,5)15-19(17-26)24(8,9)25/h10-14,19-20,26H,15-17H2,1-9H3. The van der Waals surface area contributed by atoms with Gasteiger partial charge in [0.15, 0.2) is 0 Å². The third kappa shape index (κ3) is 6.22. The van der Waals surface area contributed by atoms with Gasteiger partial charge >= 0.3 is 0 Å². The number of aliphatic hydroxyl groups is 1. The molecule has 0 radical (unpaired) electrons. The molecule has 26 heavy (non-hydrogen) atoms. The highest BCUT2D eigenvalue weighted by molar-refractivity contribution is 14.1. The molecule has 2 unspecified atom stereocenters. The van der Waals surface area contributed by atoms with Gasteiger partial charge in [0.1, 0.15) is 0 Å². The summed E-state index contributed by atoms with van der Waals surface area (Å²) in [6, 6.07) is 11.0. The van der Waals surface area contributed by atoms with Gasteiger partial charge in [-0.15, -0.1) is 0 Å². The van der Waals surface area contributed by atoms with Gasteiger partial charge in [-0.3, -0.25) is 0 Å². The fourth-order valence-corrected chi connectivity index (χ4v) is 4.38. The summed E-state index contributed by atoms with van der Waals surface area (Å²) in [5.41, 5.74) is 1.92. The fraction of sp³-hybridized carbons (Fsp3) is 0.750. The van der Waals surface area contributed by atoms with Crippen molar-refractivity contribution in [2.75, 3.05) is 6.61 Å². The molecule has 0 saturated heterocycles. The van der Waals surface area contributed by atoms with Gasteiger partial charge in [-0.25, -0.2) is 0 Å². The number of aliphatic hydroxyl groups excluding tert-OH is 1. The zero-order valence-electron chi connectivity index (χ0n) is 18.5. The Hall–Kier alpha value is -0.0900. The van der Waals surface area contributed by atoms with E-state index in [0.717, 1.165) is 12.8 Å². The van der Waals surface area contributed by atoms with Gasteiger partial charge in [-0.05, 0) is 46.5 Å². The molecule has 0 aromatic heterocycles. The Morgan fingerprint density at radius 3 is 1.73 bits per heavy atom. The summed E-state index contributed by atoms with van der Waals surface area (Å²) in [6.45, 7) is 21.4. The number of benzene rings is 1. The molecule has 0 aliphatic carbocycles. The molecule has 2 heteroatoms. The highest BCUT2D eigenvalue weighted by Crippen LogP contribution is 2.56. The molecule has 1 N–H and O–H groups in total. The fourth-order valence-electron chi connectivity index (χ4n) is 3.96. The van der Waals surface area contributed by atoms with Crippen molar-refractivity contribution in [2.24, 2.45) is 22.2 Å². The molecule has 1 aromatic carbocycles. The van der Waals surface area contributed by atoms with Crippen molar-refractivity contribution < 1.29 is 5.11 Å². The first-order chi connectivity index (χ1) is 11.6. The van der Waals surface area contributed by atoms with Crippen LogP contribution >= 0.6 is 22.6 Å². The highest BCUT2D eigenvalue weighted by atomic mass is 127. The van der Waals surface area contributed by atoms with E-state index in [0.29, 0.717) is 11.8 Å². The van der Waals surface area contributed by atoms with E-state index >= 15 is 0 Å². The van der Waals surface area contributed by atoms with Crippen LogP contribution in [-0.4, -0.2) is 15.1 Å². The average Bonchev–Trinajstić information content (AvgIpc) is 2.49. The predicted molar refractivity (Wildman–Crippen MR) is 124 cm³/mol. The molecule has 1 rings (SSSR count). The SMILES string of the molecule is CC(C)(C)CC(c1ccccc1)C(C)(C)C(C)(C)CC(CO)C(C)(C)I. The maximum atomic E-state index is 10.0. The minimum absolute atomic E-state index is 0.0894. The normalized spacial score (nSPS) is 16.4. The average molecular weight is 472 g/mol. The van der Waals surface area contributed by atoms with E-state index in [1.807, 2.05) is 0 Å². The van der Waals surface area contributed by atoms with Crippen LogP contribution in [0.4, 0.5) is 0 Å². The predicted octanol–water partition coefficient (Wildman–Crippen LogP) is 7.47. The van der Waals surface area contributed by atoms with Crippen LogP contribution in [0.15, 0.2) is 30.3 Å². The molecular formula is C24H41IO. The lowest BCUT2D eigenvalue weighted by molar-refractivity contribution is 0.0201. The largest absolute Gasteiger partial charge is 0.396 e. The molecule has 1 aromatic rings. The van der Waals surface area contributed by atoms with E-state index in [9.17, 15) is 5.11 Å². The quantitative estimate of drug-likeness (QED) is 0.307. The van der Waals surface area contributed by atoms with Crippen LogP contribution in [0.5, 0.6) is 0 Å². The Bertz CT molecular complexity index is 546. The van der Waals surface area contributed by atoms with Crippen molar-refractivity contribution in [3.05, 3.63) is 35.9 Å². The Kier molecular flexibility index (Phi) is 7.84. The first-order valence-electron chi connectivity index (χ1n) is 9.96. The van der Waals surface area contributed by atoms with Crippen molar-refractivity contribution >= 4 is 22.6 Å². The Labute approximate surface area is 176 Å². The summed E-state index contributed by atoms with van der Waals surface area (Å²) in [7, 11) is 0. The van der Waals surface area contributed by atoms with Crippen LogP contribution in [0.25, 0.3) is 0 Å². The van der Waals surface area contributed by atoms with Gasteiger partial charge in [-0.2, -0.15) is 0 Å². The van der Waals surface area contributed by atoms with Crippen LogP contribution < -0.4 is 0 Å². The molecule has 1 nitrogen and oxygen atoms in total. The second-order valence-electron chi connectivity index (χ2n) is 11.0. The smallest absolute Gasteiger partial charge is 0.0471 e. The minimum Gasteiger partial charge on any atom is -0.396 e. The molecule has 0 amide bonds. The summed E-state index contributed by atoms with van der Waals surface area (Å²) < 4.78 is 0.0894. The van der Waals surface area contributed by atoms with Crippen molar-refractivity contribution in [1.29, 1.82) is 0 Å². The second-order valence-corrected chi connectivity index (χ2v) is 13.8. The summed E-state index contributed by atoms with van der Waals surface area (Å²) in [5, 5.41) is 10.0. The Balaban J connectivity index is 3.29. The molecule has 0 aliphatic rings. The third-order valence-electron chi connectivity index (χ3n) is 6.58. The van der Waals surface area contributed by atoms with E-state index < -0.39 is 0 Å². The maximum Gasteiger partial charge on any atom is 0.0471 e. The second kappa shape index (κ2) is 8.51. The van der Waals surface area contributed by atoms with Gasteiger partial charge in [0.05, 0.1) is 0 Å². The van der Waals surface area contributed by atoms with Gasteiger partial charge in [0.2, 0.25) is 0 Å². The van der Waals surface area contributed by atoms with Crippen LogP contribution in [-0.2, 0) is 0 Å². The van der Waals surface area contributed by atoms with E-state index in [4.69, 9.17) is 0 Å². The van der Waals surface area contributed by atoms with Crippen molar-refractivity contribution in [1.82, 2.24) is 0 Å². The van der Waals surface area contributed by atoms with Gasteiger partial charge in [0, 0.05) is 10.0 Å². The van der Waals surface area contributed by atoms with E-state index in [1.54, 1.807) is 0 Å². The maximum absolute atomic E-state index is 10.0. The van der Waals surface area contributed by atoms with Crippen LogP contribution in [0.2, 0.25) is 0 Å². The Morgan fingerprint density at radius 1 is 0.846 bits per heavy atom. The lowest BCUT2D eigenvalue weighted by Gasteiger charge is -2.51. The van der Waals surface area contributed by atoms with Crippen molar-refractivity contribution in [3.63, 3.8) is 0 Å². The minimum atomic E-state index is 0.0894. The third-order valence-corrected chi connectivity index (χ3v) is 7.46. The zero-order chi connectivity index (χ0) is 20.4. The molecule has 150 valence electrons. The number of rotatable bonds is 8. The summed E-state index contributed by atoms with van der Waals surface area (Å²) in [5.74, 6) is 0.777. The zero-order valence-corrected chi connectivity index (χ0v) is 20.6. The molecule has 0 aliphatic heterocycles. The molecule has 0 spiro atoms. The van der Waals surface area contributed by atoms with Gasteiger partial charge in [-0.1, -0.05) is 115 Å². The van der Waals surface area contributed by atoms with Gasteiger partial charge in [0.25, 0.3) is 0 Å². The van der Waals surface area contributed by atoms with Crippen LogP contribution in [0.3, 0.4) is 0 Å². The number of hydrogen-bond acceptors (Lipinski definition) is 1. The number of halogens is 1. The number of hydrogen-bond donors (Lipinski definition) is 1. The molecule has 0 fully saturated rings. The summed E-state index contributed by atoms with van der Waals surface area (Å²) in [4.78, 5) is 0. The topological polar surface area (TPSA) is 20.2 Å². The molecular weight excluding hydrogens is 431 g/mol. The lowest BCUT2D eigenvalue weighted by Crippen LogP contribution is -2.43. The molecule has 0 bridgehead atoms. The summed E-state index contributed by atoms with van der Waals surface area (Å²) >= 11 is 2.50. The number of alkyl halides is 1. The highest BCUT2D eigenvalue weighted by Gasteiger charge is 2.46. The first kappa shape index (κ1) is 23.9. The lowest BCUT2D eigenvalue weighted by atomic mass is 9.54. The van der Waals surface area contributed by atoms with Crippen molar-refractivity contribution in [3.8, 4) is 0 Å². The molecule has 0 heterocycles. The monoisotopic (exact) mass is 472 g/mol. The van der Waals surface area contributed by atoms with E-state index in [1.165, 1.54) is 5.56 Å². The van der Waals surface area contributed by atoms with Crippen molar-refractivity contribution in [2.45, 2.75) is 84.5 Å². The molecule has 0 saturated carbocycles. The van der Waals surface area contributed by atoms with Gasteiger partial charge < -0.3 is 5.11 Å². The van der Waals surface area contributed by atoms with E-state index in [2.05, 4.69) is 115 Å². The van der Waals surface area contributed by atoms with Crippen LogP contribution in [0.1, 0.15) is 86.6 Å².